The first kappa shape index (κ1) is 24.6. The first-order valence-electron chi connectivity index (χ1n) is 11.2. The second-order valence-electron chi connectivity index (χ2n) is 9.21. The van der Waals surface area contributed by atoms with Gasteiger partial charge < -0.3 is 34.3 Å². The molecule has 2 fully saturated rings. The SMILES string of the molecule is CCC(C)[C@@]1(O)CC(=O)O[C@H](C)[C@@](O)(CC)C(=O)OCC2=CC[N+]3([O-])CC[C@@H](OC1=O)[C@@H]23. The minimum Gasteiger partial charge on any atom is -0.632 e. The minimum atomic E-state index is -2.18. The Morgan fingerprint density at radius 3 is 2.53 bits per heavy atom. The van der Waals surface area contributed by atoms with Crippen LogP contribution in [0.2, 0.25) is 0 Å². The molecule has 3 aliphatic rings. The number of carbonyl (C=O) groups is 3. The molecule has 3 heterocycles. The standard InChI is InChI=1S/C22H33NO9/c1-5-13(3)22(28)11-17(24)31-14(4)21(27,6-2)19(25)30-12-15-7-9-23(29)10-8-16(18(15)23)32-20(22)26/h7,13-14,16,18,27-28H,5-6,8-12H2,1-4H3/t13?,14-,16-,18-,21+,22+,23?/m1/s1. The Bertz CT molecular complexity index is 813. The van der Waals surface area contributed by atoms with Crippen LogP contribution in [0.1, 0.15) is 53.4 Å². The number of hydroxylamine groups is 3. The zero-order chi connectivity index (χ0) is 23.9. The van der Waals surface area contributed by atoms with Crippen molar-refractivity contribution in [1.82, 2.24) is 0 Å². The molecular formula is C22H33NO9. The molecule has 7 atom stereocenters. The van der Waals surface area contributed by atoms with Gasteiger partial charge in [-0.2, -0.15) is 0 Å². The molecule has 3 rings (SSSR count). The molecule has 10 heteroatoms. The number of rotatable bonds is 3. The van der Waals surface area contributed by atoms with Crippen LogP contribution in [0.15, 0.2) is 11.6 Å². The average molecular weight is 456 g/mol. The van der Waals surface area contributed by atoms with E-state index in [0.29, 0.717) is 12.0 Å². The highest BCUT2D eigenvalue weighted by Crippen LogP contribution is 2.39. The maximum atomic E-state index is 13.2. The number of quaternary nitrogens is 1. The monoisotopic (exact) mass is 455 g/mol. The summed E-state index contributed by atoms with van der Waals surface area (Å²) in [5.74, 6) is -3.57. The molecule has 0 aliphatic carbocycles. The van der Waals surface area contributed by atoms with Crippen molar-refractivity contribution in [2.24, 2.45) is 5.92 Å². The van der Waals surface area contributed by atoms with Crippen LogP contribution in [0.5, 0.6) is 0 Å². The summed E-state index contributed by atoms with van der Waals surface area (Å²) in [4.78, 5) is 38.5. The quantitative estimate of drug-likeness (QED) is 0.207. The largest absolute Gasteiger partial charge is 0.632 e. The molecule has 3 aliphatic heterocycles. The molecule has 0 amide bonds. The molecule has 0 spiro atoms. The van der Waals surface area contributed by atoms with Gasteiger partial charge in [0.15, 0.2) is 23.3 Å². The summed E-state index contributed by atoms with van der Waals surface area (Å²) >= 11 is 0. The highest BCUT2D eigenvalue weighted by Gasteiger charge is 2.54. The summed E-state index contributed by atoms with van der Waals surface area (Å²) in [5.41, 5.74) is -3.79. The first-order chi connectivity index (χ1) is 14.9. The van der Waals surface area contributed by atoms with Gasteiger partial charge in [0, 0.05) is 12.0 Å². The van der Waals surface area contributed by atoms with Crippen molar-refractivity contribution in [2.75, 3.05) is 19.7 Å². The molecule has 2 unspecified atom stereocenters. The molecule has 10 nitrogen and oxygen atoms in total. The zero-order valence-electron chi connectivity index (χ0n) is 19.0. The van der Waals surface area contributed by atoms with Gasteiger partial charge >= 0.3 is 17.9 Å². The highest BCUT2D eigenvalue weighted by molar-refractivity contribution is 5.87. The number of hydrogen-bond acceptors (Lipinski definition) is 9. The molecule has 0 aromatic rings. The number of ether oxygens (including phenoxy) is 3. The lowest BCUT2D eigenvalue weighted by atomic mass is 9.83. The van der Waals surface area contributed by atoms with Crippen LogP contribution in [-0.4, -0.2) is 81.9 Å². The van der Waals surface area contributed by atoms with Crippen LogP contribution in [0.4, 0.5) is 0 Å². The maximum Gasteiger partial charge on any atom is 0.342 e. The van der Waals surface area contributed by atoms with Crippen molar-refractivity contribution >= 4 is 17.9 Å². The van der Waals surface area contributed by atoms with E-state index in [9.17, 15) is 29.8 Å². The van der Waals surface area contributed by atoms with Gasteiger partial charge in [0.05, 0.1) is 19.5 Å². The van der Waals surface area contributed by atoms with Crippen molar-refractivity contribution in [3.05, 3.63) is 16.9 Å². The predicted octanol–water partition coefficient (Wildman–Crippen LogP) is 0.722. The van der Waals surface area contributed by atoms with Crippen molar-refractivity contribution in [2.45, 2.75) is 82.8 Å². The summed E-state index contributed by atoms with van der Waals surface area (Å²) in [5, 5.41) is 35.3. The Labute approximate surface area is 187 Å². The fraction of sp³-hybridized carbons (Fsp3) is 0.773. The third kappa shape index (κ3) is 4.05. The van der Waals surface area contributed by atoms with Crippen LogP contribution in [0.25, 0.3) is 0 Å². The predicted molar refractivity (Wildman–Crippen MR) is 111 cm³/mol. The second-order valence-corrected chi connectivity index (χ2v) is 9.21. The van der Waals surface area contributed by atoms with E-state index in [2.05, 4.69) is 0 Å². The van der Waals surface area contributed by atoms with E-state index in [4.69, 9.17) is 14.2 Å². The van der Waals surface area contributed by atoms with Crippen LogP contribution in [0.3, 0.4) is 0 Å². The number of nitrogens with zero attached hydrogens (tertiary/aromatic N) is 1. The molecule has 32 heavy (non-hydrogen) atoms. The van der Waals surface area contributed by atoms with Crippen LogP contribution in [0, 0.1) is 11.1 Å². The van der Waals surface area contributed by atoms with Gasteiger partial charge in [0.1, 0.15) is 12.7 Å². The zero-order valence-corrected chi connectivity index (χ0v) is 19.0. The number of esters is 3. The van der Waals surface area contributed by atoms with Crippen LogP contribution < -0.4 is 0 Å². The van der Waals surface area contributed by atoms with Gasteiger partial charge in [-0.15, -0.1) is 0 Å². The minimum absolute atomic E-state index is 0.0926. The first-order valence-corrected chi connectivity index (χ1v) is 11.2. The van der Waals surface area contributed by atoms with Crippen LogP contribution >= 0.6 is 0 Å². The lowest BCUT2D eigenvalue weighted by Crippen LogP contribution is -2.54. The maximum absolute atomic E-state index is 13.2. The van der Waals surface area contributed by atoms with E-state index in [0.717, 1.165) is 0 Å². The fourth-order valence-electron chi connectivity index (χ4n) is 4.80. The summed E-state index contributed by atoms with van der Waals surface area (Å²) in [7, 11) is 0. The summed E-state index contributed by atoms with van der Waals surface area (Å²) in [6.07, 6.45) is -0.596. The smallest absolute Gasteiger partial charge is 0.342 e. The Morgan fingerprint density at radius 2 is 1.91 bits per heavy atom. The van der Waals surface area contributed by atoms with Crippen LogP contribution in [-0.2, 0) is 28.6 Å². The lowest BCUT2D eigenvalue weighted by molar-refractivity contribution is -0.877. The van der Waals surface area contributed by atoms with E-state index in [1.807, 2.05) is 0 Å². The van der Waals surface area contributed by atoms with Crippen molar-refractivity contribution in [1.29, 1.82) is 0 Å². The molecule has 0 saturated carbocycles. The molecule has 0 aromatic carbocycles. The van der Waals surface area contributed by atoms with Crippen molar-refractivity contribution in [3.63, 3.8) is 0 Å². The van der Waals surface area contributed by atoms with E-state index in [-0.39, 0.29) is 32.5 Å². The molecule has 0 radical (unpaired) electrons. The molecular weight excluding hydrogens is 422 g/mol. The Hall–Kier alpha value is -2.01. The van der Waals surface area contributed by atoms with Crippen molar-refractivity contribution < 1.29 is 43.5 Å². The molecule has 2 saturated heterocycles. The summed E-state index contributed by atoms with van der Waals surface area (Å²) in [6, 6.07) is -0.769. The molecule has 0 bridgehead atoms. The second kappa shape index (κ2) is 8.74. The fourth-order valence-corrected chi connectivity index (χ4v) is 4.80. The van der Waals surface area contributed by atoms with Gasteiger partial charge in [0.2, 0.25) is 0 Å². The average Bonchev–Trinajstić information content (AvgIpc) is 3.25. The lowest BCUT2D eigenvalue weighted by Gasteiger charge is -2.41. The Balaban J connectivity index is 2.00. The van der Waals surface area contributed by atoms with Gasteiger partial charge in [-0.1, -0.05) is 27.2 Å². The molecule has 0 aromatic heterocycles. The number of aliphatic hydroxyl groups is 2. The Kier molecular flexibility index (Phi) is 6.72. The summed E-state index contributed by atoms with van der Waals surface area (Å²) < 4.78 is 15.6. The number of hydrogen-bond donors (Lipinski definition) is 2. The van der Waals surface area contributed by atoms with E-state index in [1.54, 1.807) is 26.8 Å². The number of cyclic esters (lactones) is 2. The summed E-state index contributed by atoms with van der Waals surface area (Å²) in [6.45, 7) is 6.36. The van der Waals surface area contributed by atoms with E-state index in [1.165, 1.54) is 6.92 Å². The normalized spacial score (nSPS) is 41.7. The highest BCUT2D eigenvalue weighted by atomic mass is 16.6. The van der Waals surface area contributed by atoms with E-state index >= 15 is 0 Å². The third-order valence-electron chi connectivity index (χ3n) is 7.39. The molecule has 180 valence electrons. The van der Waals surface area contributed by atoms with Gasteiger partial charge in [-0.3, -0.25) is 4.79 Å². The topological polar surface area (TPSA) is 142 Å². The van der Waals surface area contributed by atoms with E-state index < -0.39 is 64.3 Å². The third-order valence-corrected chi connectivity index (χ3v) is 7.39. The van der Waals surface area contributed by atoms with Gasteiger partial charge in [-0.05, 0) is 25.3 Å². The van der Waals surface area contributed by atoms with Crippen molar-refractivity contribution in [3.8, 4) is 0 Å². The van der Waals surface area contributed by atoms with Gasteiger partial charge in [0.25, 0.3) is 0 Å². The molecule has 2 N–H and O–H groups in total. The van der Waals surface area contributed by atoms with Gasteiger partial charge in [-0.25, -0.2) is 9.59 Å². The number of carbonyl (C=O) groups excluding carboxylic acids is 3. The Morgan fingerprint density at radius 1 is 1.22 bits per heavy atom.